The maximum Gasteiger partial charge on any atom is 0.325 e. The first-order valence-corrected chi connectivity index (χ1v) is 6.89. The molecule has 1 heterocycles. The smallest absolute Gasteiger partial charge is 0.325 e. The Morgan fingerprint density at radius 2 is 2.10 bits per heavy atom. The summed E-state index contributed by atoms with van der Waals surface area (Å²) in [5, 5.41) is 11.4. The second kappa shape index (κ2) is 6.52. The minimum absolute atomic E-state index is 0.187. The lowest BCUT2D eigenvalue weighted by atomic mass is 10.1. The molecule has 0 spiro atoms. The van der Waals surface area contributed by atoms with Crippen LogP contribution in [-0.4, -0.2) is 40.5 Å². The Morgan fingerprint density at radius 3 is 2.75 bits per heavy atom. The summed E-state index contributed by atoms with van der Waals surface area (Å²) in [6.07, 6.45) is 1.75. The summed E-state index contributed by atoms with van der Waals surface area (Å²) >= 11 is 0. The summed E-state index contributed by atoms with van der Waals surface area (Å²) < 4.78 is 0. The molecule has 0 aromatic heterocycles. The Bertz CT molecular complexity index is 475. The molecule has 20 heavy (non-hydrogen) atoms. The van der Waals surface area contributed by atoms with Crippen molar-refractivity contribution in [2.24, 2.45) is 0 Å². The van der Waals surface area contributed by atoms with Gasteiger partial charge in [0.1, 0.15) is 6.04 Å². The molecular weight excluding hydrogens is 256 g/mol. The number of carbonyl (C=O) groups excluding carboxylic acids is 1. The molecule has 1 fully saturated rings. The van der Waals surface area contributed by atoms with Gasteiger partial charge in [-0.15, -0.1) is 0 Å². The van der Waals surface area contributed by atoms with Crippen LogP contribution in [0.1, 0.15) is 25.3 Å². The predicted octanol–water partition coefficient (Wildman–Crippen LogP) is 1.24. The number of nitrogens with one attached hydrogen (secondary N) is 1. The monoisotopic (exact) mass is 276 g/mol. The fourth-order valence-corrected chi connectivity index (χ4v) is 2.50. The van der Waals surface area contributed by atoms with E-state index in [1.54, 1.807) is 0 Å². The number of benzene rings is 1. The van der Waals surface area contributed by atoms with Crippen LogP contribution in [0.2, 0.25) is 0 Å². The summed E-state index contributed by atoms with van der Waals surface area (Å²) in [5.74, 6) is -1.20. The molecule has 2 rings (SSSR count). The van der Waals surface area contributed by atoms with E-state index in [4.69, 9.17) is 5.11 Å². The first-order valence-electron chi connectivity index (χ1n) is 6.89. The molecule has 2 atom stereocenters. The number of nitrogens with zero attached hydrogens (tertiary/aromatic N) is 1. The Balaban J connectivity index is 1.96. The number of likely N-dealkylation sites (tertiary alicyclic amines) is 1. The Hall–Kier alpha value is -1.88. The molecule has 1 saturated heterocycles. The maximum absolute atomic E-state index is 12.1. The highest BCUT2D eigenvalue weighted by Crippen LogP contribution is 2.20. The molecule has 1 aromatic carbocycles. The van der Waals surface area contributed by atoms with Crippen LogP contribution < -0.4 is 5.32 Å². The Morgan fingerprint density at radius 1 is 1.40 bits per heavy atom. The maximum atomic E-state index is 12.1. The van der Waals surface area contributed by atoms with Crippen molar-refractivity contribution in [3.63, 3.8) is 0 Å². The molecule has 0 aliphatic carbocycles. The topological polar surface area (TPSA) is 69.6 Å². The van der Waals surface area contributed by atoms with E-state index < -0.39 is 12.0 Å². The normalized spacial score (nSPS) is 20.6. The number of aliphatic carboxylic acids is 1. The van der Waals surface area contributed by atoms with Gasteiger partial charge in [0.2, 0.25) is 5.91 Å². The van der Waals surface area contributed by atoms with Crippen LogP contribution in [0.3, 0.4) is 0 Å². The minimum atomic E-state index is -1.01. The quantitative estimate of drug-likeness (QED) is 0.849. The highest BCUT2D eigenvalue weighted by Gasteiger charge is 2.31. The molecular formula is C15H20N2O3. The molecule has 0 saturated carbocycles. The predicted molar refractivity (Wildman–Crippen MR) is 75.1 cm³/mol. The molecule has 1 aromatic rings. The van der Waals surface area contributed by atoms with Gasteiger partial charge < -0.3 is 10.4 Å². The van der Waals surface area contributed by atoms with Gasteiger partial charge in [-0.2, -0.15) is 0 Å². The lowest BCUT2D eigenvalue weighted by Gasteiger charge is -2.24. The molecule has 0 radical (unpaired) electrons. The second-order valence-electron chi connectivity index (χ2n) is 5.18. The van der Waals surface area contributed by atoms with E-state index in [-0.39, 0.29) is 11.9 Å². The van der Waals surface area contributed by atoms with E-state index in [2.05, 4.69) is 10.2 Å². The highest BCUT2D eigenvalue weighted by molar-refractivity contribution is 5.86. The fraction of sp³-hybridized carbons (Fsp3) is 0.467. The van der Waals surface area contributed by atoms with Gasteiger partial charge in [0.25, 0.3) is 0 Å². The van der Waals surface area contributed by atoms with Crippen LogP contribution in [0, 0.1) is 0 Å². The van der Waals surface area contributed by atoms with Crippen LogP contribution in [0.4, 0.5) is 0 Å². The number of carboxylic acid groups (broad SMARTS) is 1. The van der Waals surface area contributed by atoms with Gasteiger partial charge in [-0.1, -0.05) is 30.3 Å². The van der Waals surface area contributed by atoms with E-state index in [9.17, 15) is 9.59 Å². The lowest BCUT2D eigenvalue weighted by molar-refractivity contribution is -0.142. The van der Waals surface area contributed by atoms with Gasteiger partial charge in [-0.05, 0) is 31.9 Å². The van der Waals surface area contributed by atoms with Gasteiger partial charge >= 0.3 is 5.97 Å². The zero-order valence-corrected chi connectivity index (χ0v) is 11.6. The molecule has 5 nitrogen and oxygen atoms in total. The standard InChI is InChI=1S/C15H20N2O3/c1-11(15(19)20)16-14(18)13-8-5-9-17(13)10-12-6-3-2-4-7-12/h2-4,6-7,11,13H,5,8-10H2,1H3,(H,16,18)(H,19,20). The SMILES string of the molecule is CC(NC(=O)C1CCCN1Cc1ccccc1)C(=O)O. The molecule has 0 bridgehead atoms. The van der Waals surface area contributed by atoms with Crippen molar-refractivity contribution in [3.05, 3.63) is 35.9 Å². The van der Waals surface area contributed by atoms with Crippen molar-refractivity contribution < 1.29 is 14.7 Å². The number of amides is 1. The molecule has 2 N–H and O–H groups in total. The van der Waals surface area contributed by atoms with E-state index in [0.29, 0.717) is 0 Å². The molecule has 1 aliphatic rings. The third-order valence-corrected chi connectivity index (χ3v) is 3.62. The van der Waals surface area contributed by atoms with Crippen LogP contribution in [0.25, 0.3) is 0 Å². The van der Waals surface area contributed by atoms with Crippen molar-refractivity contribution in [1.29, 1.82) is 0 Å². The zero-order valence-electron chi connectivity index (χ0n) is 11.6. The van der Waals surface area contributed by atoms with Gasteiger partial charge in [0.15, 0.2) is 0 Å². The lowest BCUT2D eigenvalue weighted by Crippen LogP contribution is -2.48. The van der Waals surface area contributed by atoms with Crippen LogP contribution in [0.5, 0.6) is 0 Å². The summed E-state index contributed by atoms with van der Waals surface area (Å²) in [7, 11) is 0. The molecule has 2 unspecified atom stereocenters. The zero-order chi connectivity index (χ0) is 14.5. The van der Waals surface area contributed by atoms with Crippen LogP contribution in [-0.2, 0) is 16.1 Å². The molecule has 1 amide bonds. The van der Waals surface area contributed by atoms with Crippen molar-refractivity contribution in [3.8, 4) is 0 Å². The average molecular weight is 276 g/mol. The highest BCUT2D eigenvalue weighted by atomic mass is 16.4. The molecule has 5 heteroatoms. The summed E-state index contributed by atoms with van der Waals surface area (Å²) in [5.41, 5.74) is 1.17. The molecule has 108 valence electrons. The van der Waals surface area contributed by atoms with Crippen LogP contribution >= 0.6 is 0 Å². The largest absolute Gasteiger partial charge is 0.480 e. The van der Waals surface area contributed by atoms with Gasteiger partial charge in [0, 0.05) is 6.54 Å². The van der Waals surface area contributed by atoms with E-state index in [0.717, 1.165) is 25.9 Å². The van der Waals surface area contributed by atoms with E-state index in [1.165, 1.54) is 12.5 Å². The number of hydrogen-bond donors (Lipinski definition) is 2. The van der Waals surface area contributed by atoms with Crippen molar-refractivity contribution in [1.82, 2.24) is 10.2 Å². The first kappa shape index (κ1) is 14.5. The number of carbonyl (C=O) groups is 2. The summed E-state index contributed by atoms with van der Waals surface area (Å²) in [6.45, 7) is 3.07. The first-order chi connectivity index (χ1) is 9.58. The molecule has 1 aliphatic heterocycles. The van der Waals surface area contributed by atoms with Gasteiger partial charge in [-0.3, -0.25) is 14.5 Å². The fourth-order valence-electron chi connectivity index (χ4n) is 2.50. The van der Waals surface area contributed by atoms with E-state index >= 15 is 0 Å². The van der Waals surface area contributed by atoms with Gasteiger partial charge in [-0.25, -0.2) is 0 Å². The van der Waals surface area contributed by atoms with Crippen LogP contribution in [0.15, 0.2) is 30.3 Å². The second-order valence-corrected chi connectivity index (χ2v) is 5.18. The number of carboxylic acids is 1. The third-order valence-electron chi connectivity index (χ3n) is 3.62. The number of hydrogen-bond acceptors (Lipinski definition) is 3. The van der Waals surface area contributed by atoms with Gasteiger partial charge in [0.05, 0.1) is 6.04 Å². The summed E-state index contributed by atoms with van der Waals surface area (Å²) in [6, 6.07) is 8.92. The Kier molecular flexibility index (Phi) is 4.74. The van der Waals surface area contributed by atoms with Crippen molar-refractivity contribution in [2.45, 2.75) is 38.4 Å². The third kappa shape index (κ3) is 3.57. The summed E-state index contributed by atoms with van der Waals surface area (Å²) in [4.78, 5) is 25.0. The van der Waals surface area contributed by atoms with E-state index in [1.807, 2.05) is 30.3 Å². The Labute approximate surface area is 118 Å². The average Bonchev–Trinajstić information content (AvgIpc) is 2.88. The minimum Gasteiger partial charge on any atom is -0.480 e. The van der Waals surface area contributed by atoms with Crippen molar-refractivity contribution in [2.75, 3.05) is 6.54 Å². The number of rotatable bonds is 5. The van der Waals surface area contributed by atoms with Crippen molar-refractivity contribution >= 4 is 11.9 Å².